The molecule has 0 saturated carbocycles. The van der Waals surface area contributed by atoms with E-state index in [0.717, 1.165) is 37.3 Å². The van der Waals surface area contributed by atoms with Crippen molar-refractivity contribution in [1.29, 1.82) is 0 Å². The number of anilines is 2. The zero-order chi connectivity index (χ0) is 28.7. The van der Waals surface area contributed by atoms with Crippen LogP contribution in [0.4, 0.5) is 24.5 Å². The van der Waals surface area contributed by atoms with Crippen LogP contribution in [0.25, 0.3) is 10.9 Å². The van der Waals surface area contributed by atoms with Gasteiger partial charge >= 0.3 is 6.18 Å². The highest BCUT2D eigenvalue weighted by molar-refractivity contribution is 7.84. The van der Waals surface area contributed by atoms with Gasteiger partial charge in [0.1, 0.15) is 6.54 Å². The van der Waals surface area contributed by atoms with Crippen molar-refractivity contribution in [2.45, 2.75) is 42.6 Å². The Morgan fingerprint density at radius 2 is 1.90 bits per heavy atom. The summed E-state index contributed by atoms with van der Waals surface area (Å²) < 4.78 is 58.4. The van der Waals surface area contributed by atoms with Crippen molar-refractivity contribution in [3.05, 3.63) is 54.2 Å². The third-order valence-electron chi connectivity index (χ3n) is 6.84. The lowest BCUT2D eigenvalue weighted by Gasteiger charge is -2.34. The Morgan fingerprint density at radius 1 is 1.18 bits per heavy atom. The van der Waals surface area contributed by atoms with Crippen LogP contribution in [-0.4, -0.2) is 83.3 Å². The number of piperidine rings is 1. The maximum atomic E-state index is 13.5. The van der Waals surface area contributed by atoms with E-state index >= 15 is 0 Å². The van der Waals surface area contributed by atoms with Gasteiger partial charge in [0.25, 0.3) is 0 Å². The van der Waals surface area contributed by atoms with Crippen LogP contribution in [-0.2, 0) is 22.1 Å². The third kappa shape index (κ3) is 8.24. The van der Waals surface area contributed by atoms with Crippen LogP contribution in [0.3, 0.4) is 0 Å². The van der Waals surface area contributed by atoms with Gasteiger partial charge in [-0.25, -0.2) is 0 Å². The molecule has 1 saturated heterocycles. The second-order valence-corrected chi connectivity index (χ2v) is 11.3. The van der Waals surface area contributed by atoms with Crippen molar-refractivity contribution in [2.75, 3.05) is 56.8 Å². The molecule has 1 aromatic heterocycles. The SMILES string of the molecule is COCC(O)CN1CCC(Nc2cccc3c2cc(C#CCNc2ccc(S(C)=O)cc2)n3CC(F)(F)F)CC1. The summed E-state index contributed by atoms with van der Waals surface area (Å²) in [6, 6.07) is 14.3. The van der Waals surface area contributed by atoms with Crippen LogP contribution in [0, 0.1) is 11.8 Å². The summed E-state index contributed by atoms with van der Waals surface area (Å²) in [5.74, 6) is 5.86. The zero-order valence-electron chi connectivity index (χ0n) is 22.6. The van der Waals surface area contributed by atoms with Gasteiger partial charge in [0, 0.05) is 71.5 Å². The minimum atomic E-state index is -4.40. The van der Waals surface area contributed by atoms with Crippen LogP contribution in [0.2, 0.25) is 0 Å². The number of β-amino-alcohol motifs (C(OH)–C–C–N with tert-alkyl or cyclic N) is 1. The Balaban J connectivity index is 1.48. The fourth-order valence-electron chi connectivity index (χ4n) is 4.93. The molecule has 7 nitrogen and oxygen atoms in total. The number of ether oxygens (including phenoxy) is 1. The van der Waals surface area contributed by atoms with Crippen molar-refractivity contribution in [3.8, 4) is 11.8 Å². The number of fused-ring (bicyclic) bond motifs is 1. The molecule has 11 heteroatoms. The molecule has 0 bridgehead atoms. The number of rotatable bonds is 10. The van der Waals surface area contributed by atoms with E-state index in [1.54, 1.807) is 55.8 Å². The van der Waals surface area contributed by atoms with Crippen LogP contribution in [0.15, 0.2) is 53.4 Å². The van der Waals surface area contributed by atoms with Crippen LogP contribution >= 0.6 is 0 Å². The molecule has 40 heavy (non-hydrogen) atoms. The van der Waals surface area contributed by atoms with E-state index in [1.165, 1.54) is 4.57 Å². The van der Waals surface area contributed by atoms with Crippen molar-refractivity contribution < 1.29 is 27.2 Å². The number of aliphatic hydroxyl groups is 1. The van der Waals surface area contributed by atoms with E-state index in [9.17, 15) is 22.5 Å². The van der Waals surface area contributed by atoms with E-state index < -0.39 is 29.6 Å². The number of aliphatic hydroxyl groups excluding tert-OH is 1. The van der Waals surface area contributed by atoms with Crippen LogP contribution in [0.5, 0.6) is 0 Å². The number of alkyl halides is 3. The average molecular weight is 577 g/mol. The highest BCUT2D eigenvalue weighted by Gasteiger charge is 2.30. The van der Waals surface area contributed by atoms with E-state index in [2.05, 4.69) is 27.4 Å². The van der Waals surface area contributed by atoms with E-state index in [1.807, 2.05) is 6.07 Å². The molecule has 216 valence electrons. The molecule has 1 aliphatic rings. The molecule has 2 unspecified atom stereocenters. The van der Waals surface area contributed by atoms with Gasteiger partial charge in [-0.1, -0.05) is 12.0 Å². The molecule has 1 fully saturated rings. The number of halogens is 3. The summed E-state index contributed by atoms with van der Waals surface area (Å²) in [5.41, 5.74) is 2.33. The second kappa shape index (κ2) is 13.5. The van der Waals surface area contributed by atoms with Gasteiger partial charge in [-0.3, -0.25) is 4.21 Å². The first-order chi connectivity index (χ1) is 19.1. The third-order valence-corrected chi connectivity index (χ3v) is 7.78. The Hall–Kier alpha value is -3.04. The smallest absolute Gasteiger partial charge is 0.389 e. The molecule has 0 aliphatic carbocycles. The maximum absolute atomic E-state index is 13.5. The lowest BCUT2D eigenvalue weighted by Crippen LogP contribution is -2.43. The van der Waals surface area contributed by atoms with E-state index in [-0.39, 0.29) is 12.6 Å². The quantitative estimate of drug-likeness (QED) is 0.313. The summed E-state index contributed by atoms with van der Waals surface area (Å²) in [5, 5.41) is 17.4. The molecule has 0 amide bonds. The lowest BCUT2D eigenvalue weighted by atomic mass is 10.0. The standard InChI is InChI=1S/C29H35F3N4O3S/c1-39-19-24(37)18-35-15-12-22(13-16-35)34-27-6-3-7-28-26(27)17-23(36(28)20-29(30,31)32)5-4-14-33-21-8-10-25(11-9-21)40(2)38/h3,6-11,17,22,24,33-34,37H,12-16,18-20H2,1-2H3. The number of benzene rings is 2. The monoisotopic (exact) mass is 576 g/mol. The second-order valence-electron chi connectivity index (χ2n) is 9.93. The molecular formula is C29H35F3N4O3S. The van der Waals surface area contributed by atoms with Crippen molar-refractivity contribution in [2.24, 2.45) is 0 Å². The fraction of sp³-hybridized carbons (Fsp3) is 0.448. The first-order valence-electron chi connectivity index (χ1n) is 13.1. The average Bonchev–Trinajstić information content (AvgIpc) is 3.25. The molecule has 4 rings (SSSR count). The van der Waals surface area contributed by atoms with Gasteiger partial charge in [-0.2, -0.15) is 13.2 Å². The number of likely N-dealkylation sites (tertiary alicyclic amines) is 1. The number of hydrogen-bond acceptors (Lipinski definition) is 6. The number of hydrogen-bond donors (Lipinski definition) is 3. The number of aromatic nitrogens is 1. The lowest BCUT2D eigenvalue weighted by molar-refractivity contribution is -0.140. The van der Waals surface area contributed by atoms with Crippen LogP contribution < -0.4 is 10.6 Å². The Kier molecular flexibility index (Phi) is 10.1. The normalized spacial score (nSPS) is 16.4. The molecule has 3 aromatic rings. The van der Waals surface area contributed by atoms with Gasteiger partial charge in [0.2, 0.25) is 0 Å². The molecule has 3 N–H and O–H groups in total. The zero-order valence-corrected chi connectivity index (χ0v) is 23.4. The predicted molar refractivity (Wildman–Crippen MR) is 153 cm³/mol. The van der Waals surface area contributed by atoms with Crippen molar-refractivity contribution in [1.82, 2.24) is 9.47 Å². The predicted octanol–water partition coefficient (Wildman–Crippen LogP) is 4.29. The summed E-state index contributed by atoms with van der Waals surface area (Å²) in [6.45, 7) is 1.59. The molecule has 0 radical (unpaired) electrons. The fourth-order valence-corrected chi connectivity index (χ4v) is 5.45. The molecule has 2 aromatic carbocycles. The van der Waals surface area contributed by atoms with Gasteiger partial charge in [-0.05, 0) is 61.2 Å². The van der Waals surface area contributed by atoms with Gasteiger partial charge in [0.05, 0.1) is 30.5 Å². The summed E-state index contributed by atoms with van der Waals surface area (Å²) in [4.78, 5) is 2.91. The molecule has 0 spiro atoms. The molecular weight excluding hydrogens is 541 g/mol. The first kappa shape index (κ1) is 29.9. The largest absolute Gasteiger partial charge is 0.406 e. The summed E-state index contributed by atoms with van der Waals surface area (Å²) >= 11 is 0. The highest BCUT2D eigenvalue weighted by Crippen LogP contribution is 2.31. The van der Waals surface area contributed by atoms with Crippen molar-refractivity contribution >= 4 is 33.1 Å². The molecule has 1 aliphatic heterocycles. The molecule has 2 heterocycles. The maximum Gasteiger partial charge on any atom is 0.406 e. The minimum Gasteiger partial charge on any atom is -0.389 e. The Morgan fingerprint density at radius 3 is 2.55 bits per heavy atom. The van der Waals surface area contributed by atoms with Crippen molar-refractivity contribution in [3.63, 3.8) is 0 Å². The Labute approximate surface area is 235 Å². The summed E-state index contributed by atoms with van der Waals surface area (Å²) in [6.07, 6.45) is -1.61. The topological polar surface area (TPSA) is 78.8 Å². The van der Waals surface area contributed by atoms with E-state index in [0.29, 0.717) is 34.6 Å². The highest BCUT2D eigenvalue weighted by atomic mass is 32.2. The van der Waals surface area contributed by atoms with Gasteiger partial charge < -0.3 is 29.9 Å². The first-order valence-corrected chi connectivity index (χ1v) is 14.7. The van der Waals surface area contributed by atoms with E-state index in [4.69, 9.17) is 4.74 Å². The van der Waals surface area contributed by atoms with Gasteiger partial charge in [0.15, 0.2) is 0 Å². The number of methoxy groups -OCH3 is 1. The van der Waals surface area contributed by atoms with Crippen LogP contribution in [0.1, 0.15) is 18.5 Å². The minimum absolute atomic E-state index is 0.169. The molecule has 2 atom stereocenters. The van der Waals surface area contributed by atoms with Gasteiger partial charge in [-0.15, -0.1) is 0 Å². The Bertz CT molecular complexity index is 1360. The summed E-state index contributed by atoms with van der Waals surface area (Å²) in [7, 11) is 0.494. The number of nitrogens with one attached hydrogen (secondary N) is 2. The number of nitrogens with zero attached hydrogens (tertiary/aromatic N) is 2.